The van der Waals surface area contributed by atoms with Crippen LogP contribution >= 0.6 is 0 Å². The zero-order chi connectivity index (χ0) is 14.5. The minimum Gasteiger partial charge on any atom is -0.469 e. The van der Waals surface area contributed by atoms with Crippen molar-refractivity contribution in [2.75, 3.05) is 7.11 Å². The molecule has 0 saturated heterocycles. The molecule has 19 heavy (non-hydrogen) atoms. The Labute approximate surface area is 107 Å². The summed E-state index contributed by atoms with van der Waals surface area (Å²) in [7, 11) is 1.22. The van der Waals surface area contributed by atoms with Crippen molar-refractivity contribution in [2.45, 2.75) is 12.6 Å². The number of nitrogens with zero attached hydrogens (tertiary/aromatic N) is 1. The van der Waals surface area contributed by atoms with Crippen LogP contribution in [0.1, 0.15) is 23.1 Å². The highest BCUT2D eigenvalue weighted by atomic mass is 19.4. The first-order chi connectivity index (χ1) is 8.88. The number of rotatable bonds is 3. The number of hydrogen-bond donors (Lipinski definition) is 0. The lowest BCUT2D eigenvalue weighted by molar-refractivity contribution is -0.139. The van der Waals surface area contributed by atoms with Crippen LogP contribution in [0.5, 0.6) is 0 Å². The van der Waals surface area contributed by atoms with Gasteiger partial charge in [0.15, 0.2) is 0 Å². The number of nitriles is 1. The van der Waals surface area contributed by atoms with Gasteiger partial charge in [-0.15, -0.1) is 0 Å². The third kappa shape index (κ3) is 4.14. The second-order valence-corrected chi connectivity index (χ2v) is 3.60. The van der Waals surface area contributed by atoms with E-state index in [1.54, 1.807) is 0 Å². The second kappa shape index (κ2) is 6.05. The summed E-state index contributed by atoms with van der Waals surface area (Å²) >= 11 is 0. The molecule has 0 N–H and O–H groups in total. The highest BCUT2D eigenvalue weighted by molar-refractivity contribution is 5.72. The van der Waals surface area contributed by atoms with Crippen LogP contribution in [0.2, 0.25) is 0 Å². The molecule has 1 aromatic carbocycles. The maximum absolute atomic E-state index is 12.7. The van der Waals surface area contributed by atoms with E-state index in [0.29, 0.717) is 0 Å². The van der Waals surface area contributed by atoms with Crippen LogP contribution in [-0.2, 0) is 15.7 Å². The lowest BCUT2D eigenvalue weighted by Gasteiger charge is -2.09. The Bertz CT molecular complexity index is 542. The second-order valence-electron chi connectivity index (χ2n) is 3.60. The number of ether oxygens (including phenoxy) is 1. The molecule has 0 aliphatic rings. The Morgan fingerprint density at radius 1 is 1.47 bits per heavy atom. The van der Waals surface area contributed by atoms with Crippen molar-refractivity contribution in [3.8, 4) is 6.07 Å². The van der Waals surface area contributed by atoms with Gasteiger partial charge in [0.2, 0.25) is 0 Å². The first kappa shape index (κ1) is 14.8. The summed E-state index contributed by atoms with van der Waals surface area (Å²) in [6.45, 7) is 0. The molecule has 0 aromatic heterocycles. The molecule has 0 aliphatic carbocycles. The highest BCUT2D eigenvalue weighted by Crippen LogP contribution is 2.32. The van der Waals surface area contributed by atoms with E-state index in [9.17, 15) is 18.0 Å². The molecule has 0 unspecified atom stereocenters. The molecular weight excluding hydrogens is 259 g/mol. The van der Waals surface area contributed by atoms with E-state index in [-0.39, 0.29) is 12.0 Å². The Morgan fingerprint density at radius 2 is 2.16 bits per heavy atom. The standard InChI is InChI=1S/C13H10F3NO2/c1-19-12(18)4-2-3-9-5-6-10(8-17)11(7-9)13(14,15)16/h2-3,5-7H,4H2,1H3. The lowest BCUT2D eigenvalue weighted by atomic mass is 10.0. The van der Waals surface area contributed by atoms with E-state index in [0.717, 1.165) is 12.1 Å². The van der Waals surface area contributed by atoms with Gasteiger partial charge in [-0.2, -0.15) is 18.4 Å². The molecule has 100 valence electrons. The zero-order valence-corrected chi connectivity index (χ0v) is 9.99. The van der Waals surface area contributed by atoms with Crippen molar-refractivity contribution in [3.05, 3.63) is 41.0 Å². The van der Waals surface area contributed by atoms with Crippen molar-refractivity contribution in [1.29, 1.82) is 5.26 Å². The van der Waals surface area contributed by atoms with Gasteiger partial charge in [-0.1, -0.05) is 18.2 Å². The van der Waals surface area contributed by atoms with Crippen molar-refractivity contribution >= 4 is 12.0 Å². The van der Waals surface area contributed by atoms with Crippen molar-refractivity contribution in [2.24, 2.45) is 0 Å². The van der Waals surface area contributed by atoms with Gasteiger partial charge < -0.3 is 4.74 Å². The van der Waals surface area contributed by atoms with Crippen LogP contribution in [-0.4, -0.2) is 13.1 Å². The number of carbonyl (C=O) groups excluding carboxylic acids is 1. The third-order valence-corrected chi connectivity index (χ3v) is 2.29. The summed E-state index contributed by atoms with van der Waals surface area (Å²) in [4.78, 5) is 10.8. The van der Waals surface area contributed by atoms with Gasteiger partial charge in [0, 0.05) is 0 Å². The fourth-order valence-electron chi connectivity index (χ4n) is 1.37. The molecule has 1 rings (SSSR count). The fourth-order valence-corrected chi connectivity index (χ4v) is 1.37. The number of hydrogen-bond acceptors (Lipinski definition) is 3. The number of alkyl halides is 3. The van der Waals surface area contributed by atoms with E-state index in [1.165, 1.54) is 31.4 Å². The molecule has 0 saturated carbocycles. The molecule has 0 aliphatic heterocycles. The van der Waals surface area contributed by atoms with E-state index in [2.05, 4.69) is 4.74 Å². The van der Waals surface area contributed by atoms with Crippen LogP contribution in [0.4, 0.5) is 13.2 Å². The number of methoxy groups -OCH3 is 1. The summed E-state index contributed by atoms with van der Waals surface area (Å²) < 4.78 is 42.4. The maximum Gasteiger partial charge on any atom is 0.417 e. The predicted molar refractivity (Wildman–Crippen MR) is 61.8 cm³/mol. The molecule has 0 heterocycles. The number of esters is 1. The minimum absolute atomic E-state index is 0.0299. The van der Waals surface area contributed by atoms with Crippen molar-refractivity contribution in [1.82, 2.24) is 0 Å². The molecule has 0 spiro atoms. The molecular formula is C13H10F3NO2. The van der Waals surface area contributed by atoms with Crippen molar-refractivity contribution in [3.63, 3.8) is 0 Å². The maximum atomic E-state index is 12.7. The van der Waals surface area contributed by atoms with Crippen LogP contribution in [0.3, 0.4) is 0 Å². The third-order valence-electron chi connectivity index (χ3n) is 2.29. The normalized spacial score (nSPS) is 11.3. The van der Waals surface area contributed by atoms with Crippen LogP contribution in [0.15, 0.2) is 24.3 Å². The molecule has 0 bridgehead atoms. The average molecular weight is 269 g/mol. The van der Waals surface area contributed by atoms with E-state index in [1.807, 2.05) is 0 Å². The monoisotopic (exact) mass is 269 g/mol. The smallest absolute Gasteiger partial charge is 0.417 e. The first-order valence-electron chi connectivity index (χ1n) is 5.23. The lowest BCUT2D eigenvalue weighted by Crippen LogP contribution is -2.08. The summed E-state index contributed by atoms with van der Waals surface area (Å²) in [5.74, 6) is -0.485. The minimum atomic E-state index is -4.59. The van der Waals surface area contributed by atoms with Gasteiger partial charge in [0.25, 0.3) is 0 Å². The SMILES string of the molecule is COC(=O)CC=Cc1ccc(C#N)c(C(F)(F)F)c1. The molecule has 0 fully saturated rings. The van der Waals surface area contributed by atoms with Gasteiger partial charge in [-0.25, -0.2) is 0 Å². The Balaban J connectivity index is 3.00. The first-order valence-corrected chi connectivity index (χ1v) is 5.23. The quantitative estimate of drug-likeness (QED) is 0.792. The summed E-state index contributed by atoms with van der Waals surface area (Å²) in [5, 5.41) is 8.62. The number of halogens is 3. The largest absolute Gasteiger partial charge is 0.469 e. The Kier molecular flexibility index (Phi) is 4.70. The van der Waals surface area contributed by atoms with E-state index < -0.39 is 23.3 Å². The molecule has 0 radical (unpaired) electrons. The molecule has 1 aromatic rings. The highest BCUT2D eigenvalue weighted by Gasteiger charge is 2.33. The van der Waals surface area contributed by atoms with Gasteiger partial charge in [0.05, 0.1) is 30.7 Å². The van der Waals surface area contributed by atoms with Gasteiger partial charge in [0.1, 0.15) is 0 Å². The number of benzene rings is 1. The van der Waals surface area contributed by atoms with Crippen molar-refractivity contribution < 1.29 is 22.7 Å². The fraction of sp³-hybridized carbons (Fsp3) is 0.231. The predicted octanol–water partition coefficient (Wildman–Crippen LogP) is 3.15. The molecule has 0 amide bonds. The van der Waals surface area contributed by atoms with Gasteiger partial charge in [-0.05, 0) is 17.7 Å². The molecule has 0 atom stereocenters. The number of carbonyl (C=O) groups is 1. The topological polar surface area (TPSA) is 50.1 Å². The van der Waals surface area contributed by atoms with Crippen LogP contribution in [0, 0.1) is 11.3 Å². The average Bonchev–Trinajstić information content (AvgIpc) is 2.37. The van der Waals surface area contributed by atoms with Gasteiger partial charge >= 0.3 is 12.1 Å². The Hall–Kier alpha value is -2.29. The van der Waals surface area contributed by atoms with Crippen LogP contribution in [0.25, 0.3) is 6.08 Å². The summed E-state index contributed by atoms with van der Waals surface area (Å²) in [6, 6.07) is 4.84. The zero-order valence-electron chi connectivity index (χ0n) is 9.99. The van der Waals surface area contributed by atoms with E-state index in [4.69, 9.17) is 5.26 Å². The van der Waals surface area contributed by atoms with Gasteiger partial charge in [-0.3, -0.25) is 4.79 Å². The van der Waals surface area contributed by atoms with Crippen LogP contribution < -0.4 is 0 Å². The molecule has 3 nitrogen and oxygen atoms in total. The van der Waals surface area contributed by atoms with E-state index >= 15 is 0 Å². The molecule has 6 heteroatoms. The summed E-state index contributed by atoms with van der Waals surface area (Å²) in [6.07, 6.45) is -1.85. The Morgan fingerprint density at radius 3 is 2.68 bits per heavy atom. The summed E-state index contributed by atoms with van der Waals surface area (Å²) in [5.41, 5.74) is -1.16.